The number of aliphatic hydroxyl groups is 1. The molecule has 36 heavy (non-hydrogen) atoms. The number of carboxylic acids is 1. The molecule has 0 aromatic heterocycles. The molecule has 3 aromatic carbocycles. The maximum Gasteiger partial charge on any atom is 0.307 e. The van der Waals surface area contributed by atoms with Gasteiger partial charge < -0.3 is 19.8 Å². The smallest absolute Gasteiger partial charge is 0.307 e. The number of hydrogen-bond acceptors (Lipinski definition) is 6. The van der Waals surface area contributed by atoms with Gasteiger partial charge in [-0.1, -0.05) is 36.4 Å². The van der Waals surface area contributed by atoms with Crippen LogP contribution < -0.4 is 14.5 Å². The monoisotopic (exact) mass is 486 g/mol. The lowest BCUT2D eigenvalue weighted by Gasteiger charge is -2.26. The molecule has 3 aromatic rings. The molecule has 1 atom stereocenters. The Morgan fingerprint density at radius 2 is 1.58 bits per heavy atom. The predicted molar refractivity (Wildman–Crippen MR) is 136 cm³/mol. The molecule has 184 valence electrons. The average Bonchev–Trinajstić information content (AvgIpc) is 3.14. The summed E-state index contributed by atoms with van der Waals surface area (Å²) in [7, 11) is 5.27. The zero-order valence-electron chi connectivity index (χ0n) is 20.1. The Kier molecular flexibility index (Phi) is 6.78. The molecule has 1 aliphatic rings. The summed E-state index contributed by atoms with van der Waals surface area (Å²) in [6, 6.07) is 19.6. The van der Waals surface area contributed by atoms with Crippen molar-refractivity contribution >= 4 is 34.8 Å². The summed E-state index contributed by atoms with van der Waals surface area (Å²) < 4.78 is 5.37. The third-order valence-electron chi connectivity index (χ3n) is 6.10. The molecule has 1 aliphatic heterocycles. The van der Waals surface area contributed by atoms with E-state index < -0.39 is 23.7 Å². The molecule has 1 heterocycles. The van der Waals surface area contributed by atoms with Gasteiger partial charge in [-0.25, -0.2) is 0 Å². The molecule has 0 spiro atoms. The molecule has 2 N–H and O–H groups in total. The molecular formula is C28H26N2O6. The highest BCUT2D eigenvalue weighted by atomic mass is 16.5. The Morgan fingerprint density at radius 1 is 0.944 bits per heavy atom. The number of carboxylic acid groups (broad SMARTS) is 1. The van der Waals surface area contributed by atoms with E-state index in [1.165, 1.54) is 12.0 Å². The molecular weight excluding hydrogens is 460 g/mol. The summed E-state index contributed by atoms with van der Waals surface area (Å²) in [5.74, 6) is -2.56. The summed E-state index contributed by atoms with van der Waals surface area (Å²) in [5, 5.41) is 20.4. The van der Waals surface area contributed by atoms with Crippen LogP contribution >= 0.6 is 0 Å². The van der Waals surface area contributed by atoms with E-state index in [1.54, 1.807) is 48.5 Å². The maximum atomic E-state index is 13.3. The molecule has 0 saturated carbocycles. The van der Waals surface area contributed by atoms with Crippen LogP contribution in [0.5, 0.6) is 5.75 Å². The van der Waals surface area contributed by atoms with Crippen molar-refractivity contribution < 1.29 is 29.3 Å². The highest BCUT2D eigenvalue weighted by Crippen LogP contribution is 2.43. The number of methoxy groups -OCH3 is 1. The number of benzene rings is 3. The van der Waals surface area contributed by atoms with Crippen LogP contribution in [0.3, 0.4) is 0 Å². The maximum absolute atomic E-state index is 13.3. The number of aliphatic hydroxyl groups excluding tert-OH is 1. The van der Waals surface area contributed by atoms with Gasteiger partial charge in [0.05, 0.1) is 30.7 Å². The highest BCUT2D eigenvalue weighted by Gasteiger charge is 2.47. The first-order chi connectivity index (χ1) is 17.2. The Hall–Kier alpha value is -4.59. The Morgan fingerprint density at radius 3 is 2.17 bits per heavy atom. The van der Waals surface area contributed by atoms with Crippen LogP contribution in [0.25, 0.3) is 5.76 Å². The number of ketones is 1. The minimum atomic E-state index is -0.971. The van der Waals surface area contributed by atoms with Gasteiger partial charge >= 0.3 is 5.97 Å². The lowest BCUT2D eigenvalue weighted by atomic mass is 9.94. The van der Waals surface area contributed by atoms with E-state index >= 15 is 0 Å². The van der Waals surface area contributed by atoms with Gasteiger partial charge in [0.25, 0.3) is 11.7 Å². The third-order valence-corrected chi connectivity index (χ3v) is 6.10. The largest absolute Gasteiger partial charge is 0.507 e. The van der Waals surface area contributed by atoms with Crippen LogP contribution in [0.15, 0.2) is 78.4 Å². The van der Waals surface area contributed by atoms with Crippen molar-refractivity contribution in [2.24, 2.45) is 0 Å². The van der Waals surface area contributed by atoms with E-state index in [2.05, 4.69) is 0 Å². The molecule has 8 nitrogen and oxygen atoms in total. The van der Waals surface area contributed by atoms with Gasteiger partial charge in [0.2, 0.25) is 0 Å². The van der Waals surface area contributed by atoms with Gasteiger partial charge in [0.15, 0.2) is 0 Å². The van der Waals surface area contributed by atoms with Gasteiger partial charge in [0.1, 0.15) is 11.5 Å². The van der Waals surface area contributed by atoms with Crippen LogP contribution in [-0.2, 0) is 20.8 Å². The number of carbonyl (C=O) groups is 3. The fourth-order valence-electron chi connectivity index (χ4n) is 4.30. The van der Waals surface area contributed by atoms with E-state index in [1.807, 2.05) is 43.3 Å². The van der Waals surface area contributed by atoms with Crippen molar-refractivity contribution in [3.63, 3.8) is 0 Å². The molecule has 1 fully saturated rings. The molecule has 1 unspecified atom stereocenters. The van der Waals surface area contributed by atoms with Crippen molar-refractivity contribution in [1.29, 1.82) is 0 Å². The first-order valence-electron chi connectivity index (χ1n) is 11.2. The summed E-state index contributed by atoms with van der Waals surface area (Å²) in [6.07, 6.45) is -0.164. The van der Waals surface area contributed by atoms with Gasteiger partial charge in [-0.2, -0.15) is 0 Å². The zero-order valence-corrected chi connectivity index (χ0v) is 20.1. The SMILES string of the molecule is COc1ccccc1/C(O)=C1/C(=O)C(=O)N(c2ccc(CC(=O)O)cc2)C1c1ccc(N(C)C)cc1. The standard InChI is InChI=1S/C28H26N2O6/c1-29(2)19-14-10-18(11-15-19)25-24(26(33)21-6-4-5-7-22(21)36-3)27(34)28(35)30(25)20-12-8-17(9-13-20)16-23(31)32/h4-15,25,33H,16H2,1-3H3,(H,31,32)/b26-24-. The number of Topliss-reactive ketones (excluding diaryl/α,β-unsaturated/α-hetero) is 1. The normalized spacial score (nSPS) is 16.8. The fraction of sp³-hybridized carbons (Fsp3) is 0.179. The molecule has 4 rings (SSSR count). The number of aliphatic carboxylic acids is 1. The quantitative estimate of drug-likeness (QED) is 0.295. The number of nitrogens with zero attached hydrogens (tertiary/aromatic N) is 2. The van der Waals surface area contributed by atoms with E-state index in [4.69, 9.17) is 9.84 Å². The molecule has 0 radical (unpaired) electrons. The van der Waals surface area contributed by atoms with Gasteiger partial charge in [0, 0.05) is 25.5 Å². The summed E-state index contributed by atoms with van der Waals surface area (Å²) in [4.78, 5) is 41.0. The number of carbonyl (C=O) groups excluding carboxylic acids is 2. The lowest BCUT2D eigenvalue weighted by Crippen LogP contribution is -2.29. The number of rotatable bonds is 7. The number of amides is 1. The number of anilines is 2. The van der Waals surface area contributed by atoms with Crippen molar-refractivity contribution in [2.45, 2.75) is 12.5 Å². The molecule has 1 amide bonds. The van der Waals surface area contributed by atoms with Crippen molar-refractivity contribution in [3.05, 3.63) is 95.1 Å². The average molecular weight is 487 g/mol. The zero-order chi connectivity index (χ0) is 26.0. The topological polar surface area (TPSA) is 107 Å². The van der Waals surface area contributed by atoms with Crippen LogP contribution in [0, 0.1) is 0 Å². The summed E-state index contributed by atoms with van der Waals surface area (Å²) in [6.45, 7) is 0. The number of para-hydroxylation sites is 1. The van der Waals surface area contributed by atoms with Gasteiger partial charge in [-0.05, 0) is 47.5 Å². The minimum absolute atomic E-state index is 0.0586. The lowest BCUT2D eigenvalue weighted by molar-refractivity contribution is -0.136. The summed E-state index contributed by atoms with van der Waals surface area (Å²) >= 11 is 0. The van der Waals surface area contributed by atoms with Crippen LogP contribution in [0.1, 0.15) is 22.7 Å². The third kappa shape index (κ3) is 4.53. The van der Waals surface area contributed by atoms with Crippen LogP contribution in [-0.4, -0.2) is 49.1 Å². The molecule has 1 saturated heterocycles. The van der Waals surface area contributed by atoms with Crippen LogP contribution in [0.2, 0.25) is 0 Å². The van der Waals surface area contributed by atoms with Gasteiger partial charge in [-0.3, -0.25) is 19.3 Å². The Labute approximate surface area is 208 Å². The first kappa shape index (κ1) is 24.5. The van der Waals surface area contributed by atoms with Gasteiger partial charge in [-0.15, -0.1) is 0 Å². The second-order valence-electron chi connectivity index (χ2n) is 8.59. The second-order valence-corrected chi connectivity index (χ2v) is 8.59. The first-order valence-corrected chi connectivity index (χ1v) is 11.2. The Bertz CT molecular complexity index is 1340. The van der Waals surface area contributed by atoms with Crippen molar-refractivity contribution in [1.82, 2.24) is 0 Å². The molecule has 8 heteroatoms. The predicted octanol–water partition coefficient (Wildman–Crippen LogP) is 4.01. The fourth-order valence-corrected chi connectivity index (χ4v) is 4.30. The van der Waals surface area contributed by atoms with E-state index in [-0.39, 0.29) is 17.8 Å². The van der Waals surface area contributed by atoms with E-state index in [9.17, 15) is 19.5 Å². The number of hydrogen-bond donors (Lipinski definition) is 2. The number of ether oxygens (including phenoxy) is 1. The second kappa shape index (κ2) is 9.95. The van der Waals surface area contributed by atoms with E-state index in [0.717, 1.165) is 5.69 Å². The minimum Gasteiger partial charge on any atom is -0.507 e. The molecule has 0 aliphatic carbocycles. The van der Waals surface area contributed by atoms with E-state index in [0.29, 0.717) is 28.1 Å². The van der Waals surface area contributed by atoms with Crippen LogP contribution in [0.4, 0.5) is 11.4 Å². The van der Waals surface area contributed by atoms with Crippen molar-refractivity contribution in [3.8, 4) is 5.75 Å². The van der Waals surface area contributed by atoms with Crippen molar-refractivity contribution in [2.75, 3.05) is 31.0 Å². The molecule has 0 bridgehead atoms. The summed E-state index contributed by atoms with van der Waals surface area (Å²) in [5.41, 5.74) is 2.77. The highest BCUT2D eigenvalue weighted by molar-refractivity contribution is 6.51. The Balaban J connectivity index is 1.90.